The van der Waals surface area contributed by atoms with Crippen molar-refractivity contribution in [3.8, 4) is 0 Å². The molecular formula is C21H26FN3O3. The second-order valence-electron chi connectivity index (χ2n) is 8.49. The molecule has 28 heavy (non-hydrogen) atoms. The predicted octanol–water partition coefficient (Wildman–Crippen LogP) is 3.20. The number of anilines is 2. The van der Waals surface area contributed by atoms with E-state index in [2.05, 4.69) is 10.2 Å². The molecule has 4 aliphatic rings. The average Bonchev–Trinajstić information content (AvgIpc) is 3.43. The van der Waals surface area contributed by atoms with Crippen molar-refractivity contribution in [2.24, 2.45) is 5.92 Å². The molecule has 2 bridgehead atoms. The lowest BCUT2D eigenvalue weighted by Crippen LogP contribution is -2.40. The van der Waals surface area contributed by atoms with Gasteiger partial charge in [0.25, 0.3) is 0 Å². The molecule has 1 aromatic carbocycles. The third-order valence-corrected chi connectivity index (χ3v) is 6.54. The first-order chi connectivity index (χ1) is 13.6. The van der Waals surface area contributed by atoms with Crippen LogP contribution in [0, 0.1) is 11.7 Å². The van der Waals surface area contributed by atoms with Gasteiger partial charge < -0.3 is 15.0 Å². The molecule has 0 radical (unpaired) electrons. The maximum absolute atomic E-state index is 15.0. The van der Waals surface area contributed by atoms with Gasteiger partial charge in [0.1, 0.15) is 11.9 Å². The Labute approximate surface area is 164 Å². The van der Waals surface area contributed by atoms with E-state index in [9.17, 15) is 14.0 Å². The minimum Gasteiger partial charge on any atom is -0.442 e. The van der Waals surface area contributed by atoms with Gasteiger partial charge in [-0.2, -0.15) is 0 Å². The van der Waals surface area contributed by atoms with Gasteiger partial charge in [0.2, 0.25) is 5.91 Å². The van der Waals surface area contributed by atoms with Gasteiger partial charge >= 0.3 is 6.09 Å². The van der Waals surface area contributed by atoms with Crippen LogP contribution in [0.15, 0.2) is 18.2 Å². The van der Waals surface area contributed by atoms with Crippen molar-refractivity contribution in [1.29, 1.82) is 0 Å². The summed E-state index contributed by atoms with van der Waals surface area (Å²) in [6.45, 7) is 0.618. The molecule has 1 aromatic rings. The highest BCUT2D eigenvalue weighted by Gasteiger charge is 2.39. The van der Waals surface area contributed by atoms with Gasteiger partial charge in [-0.25, -0.2) is 9.18 Å². The zero-order chi connectivity index (χ0) is 19.3. The molecular weight excluding hydrogens is 361 g/mol. The molecule has 3 aliphatic heterocycles. The lowest BCUT2D eigenvalue weighted by atomic mass is 10.0. The second kappa shape index (κ2) is 6.94. The number of nitrogens with zero attached hydrogens (tertiary/aromatic N) is 2. The summed E-state index contributed by atoms with van der Waals surface area (Å²) in [4.78, 5) is 27.7. The maximum atomic E-state index is 15.0. The Kier molecular flexibility index (Phi) is 4.40. The fourth-order valence-corrected chi connectivity index (χ4v) is 4.93. The Hall–Kier alpha value is -2.31. The molecule has 150 valence electrons. The quantitative estimate of drug-likeness (QED) is 0.843. The van der Waals surface area contributed by atoms with E-state index >= 15 is 0 Å². The summed E-state index contributed by atoms with van der Waals surface area (Å²) in [5.41, 5.74) is 1.16. The minimum atomic E-state index is -0.490. The summed E-state index contributed by atoms with van der Waals surface area (Å²) in [6, 6.07) is 5.93. The molecule has 0 aromatic heterocycles. The summed E-state index contributed by atoms with van der Waals surface area (Å²) in [5, 5.41) is 2.84. The monoisotopic (exact) mass is 387 g/mol. The standard InChI is InChI=1S/C21H26FN3O3/c22-18-10-16(8-9-19(18)25-14-2-1-3-15(25)7-6-14)24-12-17(28-21(24)27)11-23-20(26)13-4-5-13/h8-10,13-15,17H,1-7,11-12H2,(H,23,26)/t14?,15?,17-/m0/s1. The first-order valence-electron chi connectivity index (χ1n) is 10.4. The van der Waals surface area contributed by atoms with E-state index < -0.39 is 12.2 Å². The Balaban J connectivity index is 1.26. The van der Waals surface area contributed by atoms with Crippen LogP contribution in [-0.2, 0) is 9.53 Å². The zero-order valence-corrected chi connectivity index (χ0v) is 15.9. The third kappa shape index (κ3) is 3.20. The van der Waals surface area contributed by atoms with Crippen molar-refractivity contribution in [1.82, 2.24) is 5.32 Å². The zero-order valence-electron chi connectivity index (χ0n) is 15.9. The van der Waals surface area contributed by atoms with Crippen LogP contribution >= 0.6 is 0 Å². The number of benzene rings is 1. The summed E-state index contributed by atoms with van der Waals surface area (Å²) >= 11 is 0. The molecule has 1 aliphatic carbocycles. The predicted molar refractivity (Wildman–Crippen MR) is 103 cm³/mol. The number of ether oxygens (including phenoxy) is 1. The van der Waals surface area contributed by atoms with Crippen molar-refractivity contribution >= 4 is 23.4 Å². The highest BCUT2D eigenvalue weighted by atomic mass is 19.1. The van der Waals surface area contributed by atoms with Crippen molar-refractivity contribution < 1.29 is 18.7 Å². The van der Waals surface area contributed by atoms with E-state index in [1.807, 2.05) is 0 Å². The van der Waals surface area contributed by atoms with E-state index in [1.165, 1.54) is 17.4 Å². The van der Waals surface area contributed by atoms with Crippen LogP contribution in [0.25, 0.3) is 0 Å². The Morgan fingerprint density at radius 2 is 1.89 bits per heavy atom. The normalized spacial score (nSPS) is 29.2. The fraction of sp³-hybridized carbons (Fsp3) is 0.619. The van der Waals surface area contributed by atoms with Crippen LogP contribution in [-0.4, -0.2) is 43.3 Å². The maximum Gasteiger partial charge on any atom is 0.414 e. The summed E-state index contributed by atoms with van der Waals surface area (Å²) in [5.74, 6) is -0.129. The highest BCUT2D eigenvalue weighted by Crippen LogP contribution is 2.41. The molecule has 6 nitrogen and oxygen atoms in total. The number of carbonyl (C=O) groups is 2. The number of cyclic esters (lactones) is 1. The lowest BCUT2D eigenvalue weighted by Gasteiger charge is -2.37. The number of rotatable bonds is 5. The largest absolute Gasteiger partial charge is 0.442 e. The summed E-state index contributed by atoms with van der Waals surface area (Å²) in [6.07, 6.45) is 6.74. The highest BCUT2D eigenvalue weighted by molar-refractivity contribution is 5.90. The van der Waals surface area contributed by atoms with Crippen LogP contribution in [0.2, 0.25) is 0 Å². The molecule has 0 spiro atoms. The minimum absolute atomic E-state index is 0.0288. The van der Waals surface area contributed by atoms with Crippen molar-refractivity contribution in [2.75, 3.05) is 22.9 Å². The van der Waals surface area contributed by atoms with Gasteiger partial charge in [-0.15, -0.1) is 0 Å². The Morgan fingerprint density at radius 3 is 2.57 bits per heavy atom. The molecule has 2 unspecified atom stereocenters. The van der Waals surface area contributed by atoms with Gasteiger partial charge in [-0.1, -0.05) is 0 Å². The van der Waals surface area contributed by atoms with Crippen LogP contribution in [0.1, 0.15) is 44.9 Å². The van der Waals surface area contributed by atoms with E-state index in [0.29, 0.717) is 36.5 Å². The van der Waals surface area contributed by atoms with Crippen LogP contribution < -0.4 is 15.1 Å². The number of nitrogens with one attached hydrogen (secondary N) is 1. The molecule has 7 heteroatoms. The number of hydrogen-bond donors (Lipinski definition) is 1. The summed E-state index contributed by atoms with van der Waals surface area (Å²) in [7, 11) is 0. The molecule has 5 rings (SSSR count). The van der Waals surface area contributed by atoms with Crippen molar-refractivity contribution in [3.63, 3.8) is 0 Å². The topological polar surface area (TPSA) is 61.9 Å². The van der Waals surface area contributed by atoms with Crippen LogP contribution in [0.3, 0.4) is 0 Å². The number of halogens is 1. The lowest BCUT2D eigenvalue weighted by molar-refractivity contribution is -0.122. The fourth-order valence-electron chi connectivity index (χ4n) is 4.93. The average molecular weight is 387 g/mol. The van der Waals surface area contributed by atoms with Gasteiger partial charge in [0.15, 0.2) is 0 Å². The third-order valence-electron chi connectivity index (χ3n) is 6.54. The molecule has 3 saturated heterocycles. The molecule has 3 heterocycles. The number of piperidine rings is 1. The number of fused-ring (bicyclic) bond motifs is 2. The van der Waals surface area contributed by atoms with E-state index in [0.717, 1.165) is 38.5 Å². The van der Waals surface area contributed by atoms with Crippen LogP contribution in [0.4, 0.5) is 20.6 Å². The van der Waals surface area contributed by atoms with Gasteiger partial charge in [0.05, 0.1) is 24.5 Å². The van der Waals surface area contributed by atoms with Crippen LogP contribution in [0.5, 0.6) is 0 Å². The molecule has 4 fully saturated rings. The SMILES string of the molecule is O=C(NC[C@H]1CN(c2ccc(N3C4CCCC3CC4)c(F)c2)C(=O)O1)C1CC1. The van der Waals surface area contributed by atoms with E-state index in [4.69, 9.17) is 4.74 Å². The van der Waals surface area contributed by atoms with Crippen molar-refractivity contribution in [2.45, 2.75) is 63.1 Å². The van der Waals surface area contributed by atoms with E-state index in [1.54, 1.807) is 12.1 Å². The first-order valence-corrected chi connectivity index (χ1v) is 10.4. The number of hydrogen-bond acceptors (Lipinski definition) is 4. The molecule has 1 N–H and O–H groups in total. The smallest absolute Gasteiger partial charge is 0.414 e. The Morgan fingerprint density at radius 1 is 1.14 bits per heavy atom. The number of amides is 2. The second-order valence-corrected chi connectivity index (χ2v) is 8.49. The molecule has 1 saturated carbocycles. The molecule has 3 atom stereocenters. The molecule has 2 amide bonds. The van der Waals surface area contributed by atoms with Gasteiger partial charge in [-0.05, 0) is 63.1 Å². The first kappa shape index (κ1) is 17.8. The van der Waals surface area contributed by atoms with E-state index in [-0.39, 0.29) is 17.6 Å². The van der Waals surface area contributed by atoms with Crippen molar-refractivity contribution in [3.05, 3.63) is 24.0 Å². The van der Waals surface area contributed by atoms with Gasteiger partial charge in [0, 0.05) is 18.0 Å². The Bertz CT molecular complexity index is 781. The van der Waals surface area contributed by atoms with Gasteiger partial charge in [-0.3, -0.25) is 9.69 Å². The summed E-state index contributed by atoms with van der Waals surface area (Å²) < 4.78 is 20.3. The number of carbonyl (C=O) groups excluding carboxylic acids is 2.